The average molecular weight is 478 g/mol. The van der Waals surface area contributed by atoms with E-state index in [4.69, 9.17) is 0 Å². The summed E-state index contributed by atoms with van der Waals surface area (Å²) in [6, 6.07) is 2.61. The SMILES string of the molecule is OB(Oc1c(F)c(F)c(F)c2c(F)c(F)c(F)c(F)c12)c1ccc(F)c2c(F)c(F)ccc12. The van der Waals surface area contributed by atoms with Gasteiger partial charge in [-0.15, -0.1) is 0 Å². The van der Waals surface area contributed by atoms with Crippen LogP contribution in [-0.2, 0) is 0 Å². The quantitative estimate of drug-likeness (QED) is 0.191. The monoisotopic (exact) mass is 478 g/mol. The summed E-state index contributed by atoms with van der Waals surface area (Å²) in [6.07, 6.45) is 0. The number of rotatable bonds is 3. The largest absolute Gasteiger partial charge is 0.560 e. The molecule has 0 aliphatic heterocycles. The lowest BCUT2D eigenvalue weighted by molar-refractivity contribution is 0.382. The summed E-state index contributed by atoms with van der Waals surface area (Å²) in [5.74, 6) is -23.3. The van der Waals surface area contributed by atoms with Crippen LogP contribution in [0.1, 0.15) is 0 Å². The fourth-order valence-electron chi connectivity index (χ4n) is 3.33. The van der Waals surface area contributed by atoms with Gasteiger partial charge < -0.3 is 9.68 Å². The molecule has 0 amide bonds. The molecule has 0 bridgehead atoms. The standard InChI is InChI=1S/C20H5BF10O2/c22-7-4-2-6(5-1-3-8(23)12(24)9(5)7)21(32)33-20-11-10(14(26)18(30)19(20)31)13(25)16(28)17(29)15(11)27/h1-4,32H. The molecule has 0 radical (unpaired) electrons. The molecule has 4 aromatic carbocycles. The Hall–Kier alpha value is -3.48. The molecule has 0 saturated heterocycles. The maximum absolute atomic E-state index is 14.4. The van der Waals surface area contributed by atoms with Crippen molar-refractivity contribution in [3.8, 4) is 5.75 Å². The number of hydrogen-bond acceptors (Lipinski definition) is 2. The molecule has 170 valence electrons. The second-order valence-electron chi connectivity index (χ2n) is 6.67. The normalized spacial score (nSPS) is 11.5. The molecule has 1 N–H and O–H groups in total. The van der Waals surface area contributed by atoms with Crippen LogP contribution in [0.2, 0.25) is 0 Å². The Morgan fingerprint density at radius 1 is 0.515 bits per heavy atom. The van der Waals surface area contributed by atoms with Gasteiger partial charge in [-0.2, -0.15) is 4.39 Å². The Bertz CT molecular complexity index is 1470. The summed E-state index contributed by atoms with van der Waals surface area (Å²) in [7, 11) is -2.55. The van der Waals surface area contributed by atoms with Gasteiger partial charge in [-0.05, 0) is 17.5 Å². The van der Waals surface area contributed by atoms with Crippen molar-refractivity contribution in [2.45, 2.75) is 0 Å². The molecule has 0 aliphatic rings. The third-order valence-electron chi connectivity index (χ3n) is 4.85. The van der Waals surface area contributed by atoms with Crippen molar-refractivity contribution in [2.24, 2.45) is 0 Å². The summed E-state index contributed by atoms with van der Waals surface area (Å²) >= 11 is 0. The van der Waals surface area contributed by atoms with Crippen LogP contribution in [0.25, 0.3) is 21.5 Å². The summed E-state index contributed by atoms with van der Waals surface area (Å²) in [5.41, 5.74) is -0.606. The first kappa shape index (κ1) is 22.7. The summed E-state index contributed by atoms with van der Waals surface area (Å²) in [6.45, 7) is 0. The Labute approximate surface area is 176 Å². The summed E-state index contributed by atoms with van der Waals surface area (Å²) in [4.78, 5) is 0. The molecule has 0 saturated carbocycles. The molecule has 0 unspecified atom stereocenters. The lowest BCUT2D eigenvalue weighted by Crippen LogP contribution is -2.38. The van der Waals surface area contributed by atoms with Crippen LogP contribution >= 0.6 is 0 Å². The minimum atomic E-state index is -2.55. The van der Waals surface area contributed by atoms with E-state index in [1.807, 2.05) is 0 Å². The van der Waals surface area contributed by atoms with E-state index in [0.29, 0.717) is 12.1 Å². The van der Waals surface area contributed by atoms with E-state index in [0.717, 1.165) is 12.1 Å². The molecular formula is C20H5BF10O2. The fraction of sp³-hybridized carbons (Fsp3) is 0. The maximum atomic E-state index is 14.4. The predicted octanol–water partition coefficient (Wildman–Crippen LogP) is 5.15. The van der Waals surface area contributed by atoms with Crippen LogP contribution in [-0.4, -0.2) is 12.1 Å². The van der Waals surface area contributed by atoms with Crippen molar-refractivity contribution in [1.29, 1.82) is 0 Å². The average Bonchev–Trinajstić information content (AvgIpc) is 2.78. The van der Waals surface area contributed by atoms with E-state index in [1.165, 1.54) is 0 Å². The number of fused-ring (bicyclic) bond motifs is 2. The van der Waals surface area contributed by atoms with Crippen LogP contribution < -0.4 is 10.1 Å². The summed E-state index contributed by atoms with van der Waals surface area (Å²) in [5, 5.41) is 5.23. The molecule has 0 heterocycles. The van der Waals surface area contributed by atoms with Gasteiger partial charge in [0.25, 0.3) is 0 Å². The van der Waals surface area contributed by atoms with E-state index in [-0.39, 0.29) is 0 Å². The highest BCUT2D eigenvalue weighted by Crippen LogP contribution is 2.39. The van der Waals surface area contributed by atoms with Crippen LogP contribution in [0, 0.1) is 58.2 Å². The predicted molar refractivity (Wildman–Crippen MR) is 95.7 cm³/mol. The molecule has 33 heavy (non-hydrogen) atoms. The summed E-state index contributed by atoms with van der Waals surface area (Å²) < 4.78 is 144. The van der Waals surface area contributed by atoms with Crippen molar-refractivity contribution >= 4 is 34.1 Å². The van der Waals surface area contributed by atoms with Crippen LogP contribution in [0.5, 0.6) is 5.75 Å². The van der Waals surface area contributed by atoms with Crippen molar-refractivity contribution in [2.75, 3.05) is 0 Å². The van der Waals surface area contributed by atoms with Gasteiger partial charge in [0.1, 0.15) is 5.82 Å². The van der Waals surface area contributed by atoms with Crippen LogP contribution in [0.15, 0.2) is 24.3 Å². The Morgan fingerprint density at radius 3 is 1.64 bits per heavy atom. The zero-order valence-electron chi connectivity index (χ0n) is 15.5. The van der Waals surface area contributed by atoms with Gasteiger partial charge in [-0.3, -0.25) is 0 Å². The molecule has 13 heteroatoms. The number of halogens is 10. The van der Waals surface area contributed by atoms with Gasteiger partial charge in [0.15, 0.2) is 52.3 Å². The first-order valence-corrected chi connectivity index (χ1v) is 8.70. The fourth-order valence-corrected chi connectivity index (χ4v) is 3.33. The molecule has 4 aromatic rings. The lowest BCUT2D eigenvalue weighted by Gasteiger charge is -2.17. The molecule has 0 fully saturated rings. The lowest BCUT2D eigenvalue weighted by atomic mass is 9.76. The molecule has 2 nitrogen and oxygen atoms in total. The third kappa shape index (κ3) is 3.25. The van der Waals surface area contributed by atoms with Gasteiger partial charge in [0.05, 0.1) is 16.2 Å². The zero-order chi connectivity index (χ0) is 24.4. The Morgan fingerprint density at radius 2 is 1.03 bits per heavy atom. The second kappa shape index (κ2) is 7.83. The van der Waals surface area contributed by atoms with E-state index in [2.05, 4.69) is 4.65 Å². The number of hydrogen-bond donors (Lipinski definition) is 1. The molecule has 0 aromatic heterocycles. The van der Waals surface area contributed by atoms with E-state index >= 15 is 0 Å². The molecular weight excluding hydrogens is 473 g/mol. The number of benzene rings is 4. The van der Waals surface area contributed by atoms with Gasteiger partial charge in [0.2, 0.25) is 5.82 Å². The highest BCUT2D eigenvalue weighted by molar-refractivity contribution is 6.64. The van der Waals surface area contributed by atoms with Crippen LogP contribution in [0.3, 0.4) is 0 Å². The van der Waals surface area contributed by atoms with Gasteiger partial charge in [-0.1, -0.05) is 12.1 Å². The smallest absolute Gasteiger partial charge is 0.530 e. The molecule has 0 aliphatic carbocycles. The minimum Gasteiger partial charge on any atom is -0.530 e. The van der Waals surface area contributed by atoms with Gasteiger partial charge in [-0.25, -0.2) is 39.5 Å². The highest BCUT2D eigenvalue weighted by atomic mass is 19.2. The first-order valence-electron chi connectivity index (χ1n) is 8.70. The van der Waals surface area contributed by atoms with Crippen LogP contribution in [0.4, 0.5) is 43.9 Å². The van der Waals surface area contributed by atoms with Crippen molar-refractivity contribution in [3.63, 3.8) is 0 Å². The first-order chi connectivity index (χ1) is 15.5. The van der Waals surface area contributed by atoms with E-state index < -0.39 is 98.0 Å². The topological polar surface area (TPSA) is 29.5 Å². The Kier molecular flexibility index (Phi) is 5.39. The van der Waals surface area contributed by atoms with Crippen molar-refractivity contribution < 1.29 is 53.6 Å². The van der Waals surface area contributed by atoms with Gasteiger partial charge in [0, 0.05) is 5.46 Å². The molecule has 0 spiro atoms. The zero-order valence-corrected chi connectivity index (χ0v) is 15.5. The van der Waals surface area contributed by atoms with Crippen molar-refractivity contribution in [1.82, 2.24) is 0 Å². The maximum Gasteiger partial charge on any atom is 0.560 e. The minimum absolute atomic E-state index is 0.530. The van der Waals surface area contributed by atoms with Gasteiger partial charge >= 0.3 is 7.12 Å². The van der Waals surface area contributed by atoms with E-state index in [1.54, 1.807) is 0 Å². The highest BCUT2D eigenvalue weighted by Gasteiger charge is 2.34. The second-order valence-corrected chi connectivity index (χ2v) is 6.67. The Balaban J connectivity index is 1.98. The third-order valence-corrected chi connectivity index (χ3v) is 4.85. The van der Waals surface area contributed by atoms with E-state index in [9.17, 15) is 48.9 Å². The molecule has 4 rings (SSSR count). The van der Waals surface area contributed by atoms with Crippen molar-refractivity contribution in [3.05, 3.63) is 82.4 Å². The molecule has 0 atom stereocenters.